The minimum atomic E-state index is -3.38. The summed E-state index contributed by atoms with van der Waals surface area (Å²) in [5.41, 5.74) is 3.95. The number of benzene rings is 2. The van der Waals surface area contributed by atoms with Crippen molar-refractivity contribution in [1.82, 2.24) is 9.21 Å². The quantitative estimate of drug-likeness (QED) is 0.849. The fourth-order valence-corrected chi connectivity index (χ4v) is 5.45. The van der Waals surface area contributed by atoms with Gasteiger partial charge < -0.3 is 0 Å². The molecule has 1 aliphatic carbocycles. The third-order valence-corrected chi connectivity index (χ3v) is 7.39. The normalized spacial score (nSPS) is 22.0. The number of hydrogen-bond donors (Lipinski definition) is 0. The average molecular weight is 356 g/mol. The molecular weight excluding hydrogens is 332 g/mol. The lowest BCUT2D eigenvalue weighted by Crippen LogP contribution is -2.49. The monoisotopic (exact) mass is 356 g/mol. The zero-order valence-corrected chi connectivity index (χ0v) is 15.4. The Labute approximate surface area is 150 Å². The zero-order valence-electron chi connectivity index (χ0n) is 14.6. The van der Waals surface area contributed by atoms with Crippen molar-refractivity contribution in [3.63, 3.8) is 0 Å². The van der Waals surface area contributed by atoms with Crippen LogP contribution in [0.4, 0.5) is 0 Å². The van der Waals surface area contributed by atoms with E-state index in [1.165, 1.54) is 11.1 Å². The Morgan fingerprint density at radius 1 is 0.920 bits per heavy atom. The van der Waals surface area contributed by atoms with Gasteiger partial charge in [-0.2, -0.15) is 4.31 Å². The fourth-order valence-electron chi connectivity index (χ4n) is 4.03. The van der Waals surface area contributed by atoms with Crippen molar-refractivity contribution in [2.24, 2.45) is 0 Å². The molecule has 0 radical (unpaired) electrons. The van der Waals surface area contributed by atoms with Gasteiger partial charge in [-0.25, -0.2) is 8.42 Å². The van der Waals surface area contributed by atoms with E-state index >= 15 is 0 Å². The Hall–Kier alpha value is -1.69. The first-order valence-electron chi connectivity index (χ1n) is 8.94. The highest BCUT2D eigenvalue weighted by Crippen LogP contribution is 2.36. The molecule has 2 aromatic carbocycles. The third-order valence-electron chi connectivity index (χ3n) is 5.47. The van der Waals surface area contributed by atoms with Crippen LogP contribution in [0.3, 0.4) is 0 Å². The third kappa shape index (κ3) is 3.12. The molecule has 1 unspecified atom stereocenters. The van der Waals surface area contributed by atoms with Crippen LogP contribution in [0.1, 0.15) is 29.2 Å². The van der Waals surface area contributed by atoms with E-state index in [0.717, 1.165) is 31.5 Å². The second-order valence-corrected chi connectivity index (χ2v) is 8.94. The minimum Gasteiger partial charge on any atom is -0.294 e. The van der Waals surface area contributed by atoms with E-state index in [1.54, 1.807) is 16.4 Å². The van der Waals surface area contributed by atoms with Crippen LogP contribution in [0.25, 0.3) is 0 Å². The molecule has 1 aliphatic heterocycles. The second-order valence-electron chi connectivity index (χ2n) is 7.01. The Kier molecular flexibility index (Phi) is 4.40. The molecule has 0 N–H and O–H groups in total. The van der Waals surface area contributed by atoms with E-state index in [2.05, 4.69) is 29.2 Å². The molecule has 4 rings (SSSR count). The molecule has 0 saturated carbocycles. The molecule has 2 aliphatic rings. The van der Waals surface area contributed by atoms with E-state index in [0.29, 0.717) is 24.0 Å². The molecule has 1 saturated heterocycles. The summed E-state index contributed by atoms with van der Waals surface area (Å²) in [5.74, 6) is 0. The summed E-state index contributed by atoms with van der Waals surface area (Å²) in [7, 11) is -3.38. The number of fused-ring (bicyclic) bond motifs is 1. The maximum absolute atomic E-state index is 12.8. The van der Waals surface area contributed by atoms with E-state index in [1.807, 2.05) is 19.1 Å². The van der Waals surface area contributed by atoms with Crippen LogP contribution in [0.15, 0.2) is 53.4 Å². The van der Waals surface area contributed by atoms with Gasteiger partial charge in [-0.3, -0.25) is 4.90 Å². The summed E-state index contributed by atoms with van der Waals surface area (Å²) in [4.78, 5) is 2.85. The van der Waals surface area contributed by atoms with Gasteiger partial charge in [-0.1, -0.05) is 42.0 Å². The summed E-state index contributed by atoms with van der Waals surface area (Å²) in [6.07, 6.45) is 2.27. The fraction of sp³-hybridized carbons (Fsp3) is 0.400. The first-order valence-corrected chi connectivity index (χ1v) is 10.4. The smallest absolute Gasteiger partial charge is 0.243 e. The van der Waals surface area contributed by atoms with Crippen LogP contribution in [-0.4, -0.2) is 43.8 Å². The SMILES string of the molecule is Cc1ccc(S(=O)(=O)N2CCN(C3CCc4ccccc43)CC2)cc1. The molecule has 0 amide bonds. The van der Waals surface area contributed by atoms with Crippen molar-refractivity contribution >= 4 is 10.0 Å². The summed E-state index contributed by atoms with van der Waals surface area (Å²) < 4.78 is 27.3. The number of sulfonamides is 1. The van der Waals surface area contributed by atoms with Gasteiger partial charge in [0.05, 0.1) is 4.90 Å². The highest BCUT2D eigenvalue weighted by molar-refractivity contribution is 7.89. The van der Waals surface area contributed by atoms with Crippen molar-refractivity contribution in [2.45, 2.75) is 30.7 Å². The number of nitrogens with zero attached hydrogens (tertiary/aromatic N) is 2. The maximum Gasteiger partial charge on any atom is 0.243 e. The molecule has 1 fully saturated rings. The predicted octanol–water partition coefficient (Wildman–Crippen LogP) is 2.99. The van der Waals surface area contributed by atoms with Gasteiger partial charge in [0.25, 0.3) is 0 Å². The van der Waals surface area contributed by atoms with E-state index in [-0.39, 0.29) is 0 Å². The van der Waals surface area contributed by atoms with E-state index in [9.17, 15) is 8.42 Å². The van der Waals surface area contributed by atoms with Gasteiger partial charge in [0.2, 0.25) is 10.0 Å². The Bertz CT molecular complexity index is 854. The van der Waals surface area contributed by atoms with E-state index in [4.69, 9.17) is 0 Å². The molecule has 132 valence electrons. The van der Waals surface area contributed by atoms with Gasteiger partial charge in [-0.05, 0) is 43.0 Å². The number of piperazine rings is 1. The number of hydrogen-bond acceptors (Lipinski definition) is 3. The molecule has 0 spiro atoms. The van der Waals surface area contributed by atoms with Gasteiger partial charge >= 0.3 is 0 Å². The van der Waals surface area contributed by atoms with Crippen LogP contribution in [0.5, 0.6) is 0 Å². The van der Waals surface area contributed by atoms with Crippen LogP contribution in [0.2, 0.25) is 0 Å². The largest absolute Gasteiger partial charge is 0.294 e. The molecule has 4 nitrogen and oxygen atoms in total. The van der Waals surface area contributed by atoms with Crippen molar-refractivity contribution in [2.75, 3.05) is 26.2 Å². The lowest BCUT2D eigenvalue weighted by atomic mass is 10.1. The molecule has 1 atom stereocenters. The zero-order chi connectivity index (χ0) is 17.4. The summed E-state index contributed by atoms with van der Waals surface area (Å²) in [5, 5.41) is 0. The van der Waals surface area contributed by atoms with Gasteiger partial charge in [-0.15, -0.1) is 0 Å². The standard InChI is InChI=1S/C20H24N2O2S/c1-16-6-9-18(10-7-16)25(23,24)22-14-12-21(13-15-22)20-11-8-17-4-2-3-5-19(17)20/h2-7,9-10,20H,8,11-15H2,1H3. The van der Waals surface area contributed by atoms with E-state index < -0.39 is 10.0 Å². The number of rotatable bonds is 3. The van der Waals surface area contributed by atoms with Gasteiger partial charge in [0, 0.05) is 32.2 Å². The summed E-state index contributed by atoms with van der Waals surface area (Å²) in [6, 6.07) is 16.2. The molecule has 0 bridgehead atoms. The average Bonchev–Trinajstić information content (AvgIpc) is 3.06. The first-order chi connectivity index (χ1) is 12.1. The molecule has 0 aromatic heterocycles. The molecule has 2 aromatic rings. The van der Waals surface area contributed by atoms with Crippen LogP contribution >= 0.6 is 0 Å². The highest BCUT2D eigenvalue weighted by atomic mass is 32.2. The second kappa shape index (κ2) is 6.56. The molecule has 5 heteroatoms. The number of aryl methyl sites for hydroxylation is 2. The Balaban J connectivity index is 1.46. The van der Waals surface area contributed by atoms with Crippen molar-refractivity contribution in [3.8, 4) is 0 Å². The highest BCUT2D eigenvalue weighted by Gasteiger charge is 2.33. The predicted molar refractivity (Wildman–Crippen MR) is 99.0 cm³/mol. The van der Waals surface area contributed by atoms with Crippen LogP contribution < -0.4 is 0 Å². The van der Waals surface area contributed by atoms with Crippen molar-refractivity contribution in [1.29, 1.82) is 0 Å². The first kappa shape index (κ1) is 16.8. The van der Waals surface area contributed by atoms with Crippen molar-refractivity contribution < 1.29 is 8.42 Å². The lowest BCUT2D eigenvalue weighted by Gasteiger charge is -2.37. The summed E-state index contributed by atoms with van der Waals surface area (Å²) >= 11 is 0. The topological polar surface area (TPSA) is 40.6 Å². The van der Waals surface area contributed by atoms with Gasteiger partial charge in [0.1, 0.15) is 0 Å². The lowest BCUT2D eigenvalue weighted by molar-refractivity contribution is 0.137. The minimum absolute atomic E-state index is 0.401. The van der Waals surface area contributed by atoms with Crippen LogP contribution in [0, 0.1) is 6.92 Å². The van der Waals surface area contributed by atoms with Crippen molar-refractivity contribution in [3.05, 3.63) is 65.2 Å². The van der Waals surface area contributed by atoms with Gasteiger partial charge in [0.15, 0.2) is 0 Å². The van der Waals surface area contributed by atoms with Crippen LogP contribution in [-0.2, 0) is 16.4 Å². The molecule has 1 heterocycles. The maximum atomic E-state index is 12.8. The summed E-state index contributed by atoms with van der Waals surface area (Å²) in [6.45, 7) is 4.69. The molecule has 25 heavy (non-hydrogen) atoms. The Morgan fingerprint density at radius 3 is 2.32 bits per heavy atom. The Morgan fingerprint density at radius 2 is 1.60 bits per heavy atom. The molecular formula is C20H24N2O2S.